The van der Waals surface area contributed by atoms with Gasteiger partial charge < -0.3 is 19.1 Å². The van der Waals surface area contributed by atoms with Crippen molar-refractivity contribution in [2.75, 3.05) is 19.0 Å². The number of hydrogen-bond donors (Lipinski definition) is 1. The first-order valence-electron chi connectivity index (χ1n) is 6.20. The summed E-state index contributed by atoms with van der Waals surface area (Å²) >= 11 is 1.64. The van der Waals surface area contributed by atoms with Crippen LogP contribution >= 0.6 is 11.8 Å². The van der Waals surface area contributed by atoms with Gasteiger partial charge in [-0.05, 0) is 13.8 Å². The summed E-state index contributed by atoms with van der Waals surface area (Å²) < 4.78 is 12.9. The van der Waals surface area contributed by atoms with E-state index in [1.807, 2.05) is 25.5 Å². The molecule has 0 unspecified atom stereocenters. The molecule has 1 N–H and O–H groups in total. The van der Waals surface area contributed by atoms with Crippen LogP contribution in [0, 0.1) is 0 Å². The van der Waals surface area contributed by atoms with E-state index in [0.717, 1.165) is 23.0 Å². The van der Waals surface area contributed by atoms with E-state index in [-0.39, 0.29) is 12.9 Å². The molecule has 0 amide bonds. The lowest BCUT2D eigenvalue weighted by Crippen LogP contribution is -2.18. The highest BCUT2D eigenvalue weighted by Gasteiger charge is 2.10. The lowest BCUT2D eigenvalue weighted by atomic mass is 10.5. The maximum atomic E-state index is 9.08. The fourth-order valence-electron chi connectivity index (χ4n) is 1.54. The Morgan fingerprint density at radius 2 is 2.06 bits per heavy atom. The molecule has 0 bridgehead atoms. The molecule has 0 saturated heterocycles. The van der Waals surface area contributed by atoms with Gasteiger partial charge in [0.1, 0.15) is 0 Å². The van der Waals surface area contributed by atoms with E-state index in [1.165, 1.54) is 0 Å². The molecule has 1 aromatic heterocycles. The van der Waals surface area contributed by atoms with E-state index in [2.05, 4.69) is 4.98 Å². The Bertz CT molecular complexity index is 338. The van der Waals surface area contributed by atoms with Crippen LogP contribution in [-0.2, 0) is 23.1 Å². The first-order valence-corrected chi connectivity index (χ1v) is 7.18. The second-order valence-electron chi connectivity index (χ2n) is 3.73. The third-order valence-electron chi connectivity index (χ3n) is 2.49. The molecule has 1 aromatic rings. The molecule has 0 aliphatic heterocycles. The summed E-state index contributed by atoms with van der Waals surface area (Å²) in [5, 5.41) is 9.98. The Hall–Kier alpha value is -0.560. The van der Waals surface area contributed by atoms with Crippen molar-refractivity contribution in [3.8, 4) is 0 Å². The molecular weight excluding hydrogens is 252 g/mol. The van der Waals surface area contributed by atoms with Gasteiger partial charge in [-0.25, -0.2) is 4.98 Å². The molecule has 0 radical (unpaired) electrons. The Morgan fingerprint density at radius 3 is 2.56 bits per heavy atom. The van der Waals surface area contributed by atoms with Gasteiger partial charge in [-0.15, -0.1) is 0 Å². The summed E-state index contributed by atoms with van der Waals surface area (Å²) in [4.78, 5) is 4.26. The van der Waals surface area contributed by atoms with Crippen molar-refractivity contribution >= 4 is 11.8 Å². The zero-order valence-electron chi connectivity index (χ0n) is 11.3. The molecule has 0 fully saturated rings. The van der Waals surface area contributed by atoms with Gasteiger partial charge in [0.25, 0.3) is 0 Å². The second-order valence-corrected chi connectivity index (χ2v) is 4.79. The van der Waals surface area contributed by atoms with Crippen LogP contribution < -0.4 is 0 Å². The minimum atomic E-state index is -0.134. The van der Waals surface area contributed by atoms with Crippen LogP contribution in [0.2, 0.25) is 0 Å². The van der Waals surface area contributed by atoms with Gasteiger partial charge in [-0.1, -0.05) is 11.8 Å². The standard InChI is InChI=1S/C12H22N2O3S/c1-4-16-11(17-5-2)6-7-18-12-13-8-10(9-15)14(12)3/h8,11,15H,4-7,9H2,1-3H3. The molecule has 0 atom stereocenters. The van der Waals surface area contributed by atoms with Crippen LogP contribution in [0.5, 0.6) is 0 Å². The smallest absolute Gasteiger partial charge is 0.167 e. The Balaban J connectivity index is 2.37. The molecule has 1 rings (SSSR count). The van der Waals surface area contributed by atoms with Crippen LogP contribution in [-0.4, -0.2) is 39.9 Å². The SMILES string of the molecule is CCOC(CCSc1ncc(CO)n1C)OCC. The predicted molar refractivity (Wildman–Crippen MR) is 71.5 cm³/mol. The van der Waals surface area contributed by atoms with Gasteiger partial charge in [-0.2, -0.15) is 0 Å². The Labute approximate surface area is 112 Å². The van der Waals surface area contributed by atoms with Crippen LogP contribution in [0.4, 0.5) is 0 Å². The minimum Gasteiger partial charge on any atom is -0.390 e. The summed E-state index contributed by atoms with van der Waals surface area (Å²) in [6, 6.07) is 0. The van der Waals surface area contributed by atoms with Crippen molar-refractivity contribution in [2.24, 2.45) is 7.05 Å². The third kappa shape index (κ3) is 4.61. The number of aliphatic hydroxyl groups is 1. The van der Waals surface area contributed by atoms with Crippen molar-refractivity contribution in [1.29, 1.82) is 0 Å². The molecule has 0 saturated carbocycles. The molecule has 0 aliphatic carbocycles. The molecule has 6 heteroatoms. The van der Waals surface area contributed by atoms with E-state index in [0.29, 0.717) is 13.2 Å². The third-order valence-corrected chi connectivity index (χ3v) is 3.57. The normalized spacial score (nSPS) is 11.4. The molecular formula is C12H22N2O3S. The van der Waals surface area contributed by atoms with Gasteiger partial charge in [0.05, 0.1) is 18.5 Å². The molecule has 5 nitrogen and oxygen atoms in total. The van der Waals surface area contributed by atoms with Crippen LogP contribution in [0.15, 0.2) is 11.4 Å². The summed E-state index contributed by atoms with van der Waals surface area (Å²) in [5.41, 5.74) is 0.823. The lowest BCUT2D eigenvalue weighted by molar-refractivity contribution is -0.136. The molecule has 0 aliphatic rings. The number of aromatic nitrogens is 2. The number of thioether (sulfide) groups is 1. The highest BCUT2D eigenvalue weighted by Crippen LogP contribution is 2.19. The van der Waals surface area contributed by atoms with Crippen LogP contribution in [0.3, 0.4) is 0 Å². The summed E-state index contributed by atoms with van der Waals surface area (Å²) in [5.74, 6) is 0.875. The number of ether oxygens (including phenoxy) is 2. The van der Waals surface area contributed by atoms with E-state index in [4.69, 9.17) is 14.6 Å². The first-order chi connectivity index (χ1) is 8.72. The van der Waals surface area contributed by atoms with E-state index >= 15 is 0 Å². The number of aliphatic hydroxyl groups excluding tert-OH is 1. The summed E-state index contributed by atoms with van der Waals surface area (Å²) in [7, 11) is 1.91. The van der Waals surface area contributed by atoms with Crippen LogP contribution in [0.25, 0.3) is 0 Å². The maximum absolute atomic E-state index is 9.08. The van der Waals surface area contributed by atoms with Gasteiger partial charge in [-0.3, -0.25) is 0 Å². The van der Waals surface area contributed by atoms with Crippen molar-refractivity contribution in [3.63, 3.8) is 0 Å². The largest absolute Gasteiger partial charge is 0.390 e. The molecule has 0 spiro atoms. The quantitative estimate of drug-likeness (QED) is 0.549. The molecule has 18 heavy (non-hydrogen) atoms. The van der Waals surface area contributed by atoms with Crippen molar-refractivity contribution in [1.82, 2.24) is 9.55 Å². The van der Waals surface area contributed by atoms with Crippen molar-refractivity contribution < 1.29 is 14.6 Å². The van der Waals surface area contributed by atoms with E-state index in [1.54, 1.807) is 18.0 Å². The van der Waals surface area contributed by atoms with Crippen molar-refractivity contribution in [3.05, 3.63) is 11.9 Å². The number of rotatable bonds is 9. The average Bonchev–Trinajstić information content (AvgIpc) is 2.71. The van der Waals surface area contributed by atoms with Crippen LogP contribution in [0.1, 0.15) is 26.0 Å². The van der Waals surface area contributed by atoms with Crippen molar-refractivity contribution in [2.45, 2.75) is 38.3 Å². The average molecular weight is 274 g/mol. The maximum Gasteiger partial charge on any atom is 0.167 e. The van der Waals surface area contributed by atoms with Gasteiger partial charge in [0, 0.05) is 32.4 Å². The first kappa shape index (κ1) is 15.5. The monoisotopic (exact) mass is 274 g/mol. The van der Waals surface area contributed by atoms with Gasteiger partial charge in [0.2, 0.25) is 0 Å². The zero-order valence-corrected chi connectivity index (χ0v) is 12.1. The highest BCUT2D eigenvalue weighted by molar-refractivity contribution is 7.99. The molecule has 0 aromatic carbocycles. The fraction of sp³-hybridized carbons (Fsp3) is 0.750. The topological polar surface area (TPSA) is 56.5 Å². The van der Waals surface area contributed by atoms with Gasteiger partial charge in [0.15, 0.2) is 11.4 Å². The molecule has 104 valence electrons. The summed E-state index contributed by atoms with van der Waals surface area (Å²) in [6.45, 7) is 5.26. The predicted octanol–water partition coefficient (Wildman–Crippen LogP) is 1.79. The Morgan fingerprint density at radius 1 is 1.39 bits per heavy atom. The van der Waals surface area contributed by atoms with E-state index in [9.17, 15) is 0 Å². The second kappa shape index (κ2) is 8.53. The zero-order chi connectivity index (χ0) is 13.4. The molecule has 1 heterocycles. The minimum absolute atomic E-state index is 0.0184. The van der Waals surface area contributed by atoms with E-state index < -0.39 is 0 Å². The summed E-state index contributed by atoms with van der Waals surface area (Å²) in [6.07, 6.45) is 2.39. The number of imidazole rings is 1. The Kier molecular flexibility index (Phi) is 7.34. The number of nitrogens with zero attached hydrogens (tertiary/aromatic N) is 2. The number of hydrogen-bond acceptors (Lipinski definition) is 5. The van der Waals surface area contributed by atoms with Gasteiger partial charge >= 0.3 is 0 Å². The fourth-order valence-corrected chi connectivity index (χ4v) is 2.47. The highest BCUT2D eigenvalue weighted by atomic mass is 32.2. The lowest BCUT2D eigenvalue weighted by Gasteiger charge is -2.16.